The van der Waals surface area contributed by atoms with Crippen LogP contribution >= 0.6 is 0 Å². The van der Waals surface area contributed by atoms with Crippen molar-refractivity contribution in [3.8, 4) is 17.3 Å². The van der Waals surface area contributed by atoms with Gasteiger partial charge in [-0.2, -0.15) is 5.10 Å². The van der Waals surface area contributed by atoms with Crippen molar-refractivity contribution in [3.05, 3.63) is 71.7 Å². The number of halogens is 1. The number of amides is 1. The van der Waals surface area contributed by atoms with Crippen LogP contribution in [-0.4, -0.2) is 22.2 Å². The highest BCUT2D eigenvalue weighted by molar-refractivity contribution is 5.76. The largest absolute Gasteiger partial charge is 0.439 e. The van der Waals surface area contributed by atoms with Crippen molar-refractivity contribution in [2.75, 3.05) is 6.54 Å². The van der Waals surface area contributed by atoms with Gasteiger partial charge in [-0.15, -0.1) is 0 Å². The molecule has 0 spiro atoms. The molecule has 0 atom stereocenters. The average molecular weight is 395 g/mol. The molecule has 152 valence electrons. The number of nitrogens with one attached hydrogen (secondary N) is 1. The van der Waals surface area contributed by atoms with Crippen LogP contribution in [0.25, 0.3) is 5.69 Å². The molecular weight excluding hydrogens is 369 g/mol. The van der Waals surface area contributed by atoms with Gasteiger partial charge in [0, 0.05) is 18.5 Å². The maximum atomic E-state index is 13.4. The summed E-state index contributed by atoms with van der Waals surface area (Å²) < 4.78 is 21.2. The highest BCUT2D eigenvalue weighted by atomic mass is 19.1. The number of carbonyl (C=O) groups is 1. The minimum absolute atomic E-state index is 0.00158. The number of aryl methyl sites for hydroxylation is 1. The second kappa shape index (κ2) is 9.37. The Morgan fingerprint density at radius 3 is 2.48 bits per heavy atom. The summed E-state index contributed by atoms with van der Waals surface area (Å²) in [5, 5.41) is 7.53. The zero-order chi connectivity index (χ0) is 20.8. The molecule has 0 radical (unpaired) electrons. The van der Waals surface area contributed by atoms with E-state index in [0.717, 1.165) is 11.3 Å². The SMILES string of the molecule is Cc1nn(-c2ccc(F)cc2)c(Oc2ccccc2)c1CCC(=O)NCC(C)C. The molecule has 0 saturated heterocycles. The molecule has 0 aliphatic rings. The van der Waals surface area contributed by atoms with Crippen molar-refractivity contribution < 1.29 is 13.9 Å². The summed E-state index contributed by atoms with van der Waals surface area (Å²) in [7, 11) is 0. The van der Waals surface area contributed by atoms with Gasteiger partial charge in [-0.3, -0.25) is 4.79 Å². The zero-order valence-electron chi connectivity index (χ0n) is 17.0. The summed E-state index contributed by atoms with van der Waals surface area (Å²) in [5.41, 5.74) is 2.32. The maximum Gasteiger partial charge on any atom is 0.226 e. The van der Waals surface area contributed by atoms with E-state index in [1.54, 1.807) is 16.8 Å². The molecule has 0 fully saturated rings. The molecule has 0 unspecified atom stereocenters. The Morgan fingerprint density at radius 2 is 1.83 bits per heavy atom. The van der Waals surface area contributed by atoms with E-state index in [9.17, 15) is 9.18 Å². The molecule has 1 heterocycles. The fourth-order valence-corrected chi connectivity index (χ4v) is 2.93. The Balaban J connectivity index is 1.90. The molecule has 1 N–H and O–H groups in total. The highest BCUT2D eigenvalue weighted by Gasteiger charge is 2.20. The third-order valence-electron chi connectivity index (χ3n) is 4.48. The summed E-state index contributed by atoms with van der Waals surface area (Å²) in [4.78, 5) is 12.2. The number of hydrogen-bond acceptors (Lipinski definition) is 3. The number of benzene rings is 2. The topological polar surface area (TPSA) is 56.2 Å². The molecule has 29 heavy (non-hydrogen) atoms. The highest BCUT2D eigenvalue weighted by Crippen LogP contribution is 2.31. The van der Waals surface area contributed by atoms with Gasteiger partial charge in [0.15, 0.2) is 0 Å². The van der Waals surface area contributed by atoms with Gasteiger partial charge in [0.1, 0.15) is 11.6 Å². The van der Waals surface area contributed by atoms with Gasteiger partial charge in [-0.1, -0.05) is 32.0 Å². The number of para-hydroxylation sites is 1. The van der Waals surface area contributed by atoms with Crippen LogP contribution in [0.1, 0.15) is 31.5 Å². The van der Waals surface area contributed by atoms with E-state index in [2.05, 4.69) is 24.3 Å². The lowest BCUT2D eigenvalue weighted by molar-refractivity contribution is -0.121. The van der Waals surface area contributed by atoms with Crippen molar-refractivity contribution >= 4 is 5.91 Å². The predicted octanol–water partition coefficient (Wildman–Crippen LogP) is 4.82. The first kappa shape index (κ1) is 20.6. The molecule has 1 aromatic heterocycles. The summed E-state index contributed by atoms with van der Waals surface area (Å²) in [6.45, 7) is 6.66. The Bertz CT molecular complexity index is 950. The lowest BCUT2D eigenvalue weighted by Gasteiger charge is -2.12. The molecule has 3 rings (SSSR count). The number of rotatable bonds is 8. The normalized spacial score (nSPS) is 10.9. The fraction of sp³-hybridized carbons (Fsp3) is 0.304. The minimum atomic E-state index is -0.315. The number of carbonyl (C=O) groups excluding carboxylic acids is 1. The summed E-state index contributed by atoms with van der Waals surface area (Å²) in [6.07, 6.45) is 0.840. The van der Waals surface area contributed by atoms with E-state index in [1.807, 2.05) is 37.3 Å². The average Bonchev–Trinajstić information content (AvgIpc) is 3.01. The van der Waals surface area contributed by atoms with Crippen LogP contribution < -0.4 is 10.1 Å². The Morgan fingerprint density at radius 1 is 1.14 bits per heavy atom. The van der Waals surface area contributed by atoms with Gasteiger partial charge in [0.2, 0.25) is 11.8 Å². The van der Waals surface area contributed by atoms with Crippen molar-refractivity contribution in [3.63, 3.8) is 0 Å². The second-order valence-corrected chi connectivity index (χ2v) is 7.37. The Kier molecular flexibility index (Phi) is 6.65. The molecular formula is C23H26FN3O2. The van der Waals surface area contributed by atoms with E-state index < -0.39 is 0 Å². The third kappa shape index (κ3) is 5.44. The number of nitrogens with zero attached hydrogens (tertiary/aromatic N) is 2. The first-order chi connectivity index (χ1) is 13.9. The molecule has 0 saturated carbocycles. The first-order valence-corrected chi connectivity index (χ1v) is 9.78. The second-order valence-electron chi connectivity index (χ2n) is 7.37. The molecule has 0 bridgehead atoms. The van der Waals surface area contributed by atoms with E-state index in [0.29, 0.717) is 42.6 Å². The van der Waals surface area contributed by atoms with Crippen molar-refractivity contribution in [1.82, 2.24) is 15.1 Å². The summed E-state index contributed by atoms with van der Waals surface area (Å²) >= 11 is 0. The molecule has 5 nitrogen and oxygen atoms in total. The summed E-state index contributed by atoms with van der Waals surface area (Å²) in [5.74, 6) is 1.29. The standard InChI is InChI=1S/C23H26FN3O2/c1-16(2)15-25-22(28)14-13-21-17(3)26-27(19-11-9-18(24)10-12-19)23(21)29-20-7-5-4-6-8-20/h4-12,16H,13-15H2,1-3H3,(H,25,28). The van der Waals surface area contributed by atoms with Gasteiger partial charge in [-0.25, -0.2) is 9.07 Å². The van der Waals surface area contributed by atoms with Crippen molar-refractivity contribution in [2.45, 2.75) is 33.6 Å². The lowest BCUT2D eigenvalue weighted by atomic mass is 10.1. The number of aromatic nitrogens is 2. The van der Waals surface area contributed by atoms with Gasteiger partial charge < -0.3 is 10.1 Å². The van der Waals surface area contributed by atoms with Gasteiger partial charge >= 0.3 is 0 Å². The van der Waals surface area contributed by atoms with E-state index >= 15 is 0 Å². The molecule has 3 aromatic rings. The van der Waals surface area contributed by atoms with Gasteiger partial charge in [0.25, 0.3) is 0 Å². The summed E-state index contributed by atoms with van der Waals surface area (Å²) in [6, 6.07) is 15.5. The van der Waals surface area contributed by atoms with Gasteiger partial charge in [-0.05, 0) is 55.7 Å². The van der Waals surface area contributed by atoms with E-state index in [-0.39, 0.29) is 11.7 Å². The van der Waals surface area contributed by atoms with Crippen LogP contribution in [0.15, 0.2) is 54.6 Å². The van der Waals surface area contributed by atoms with Crippen LogP contribution in [0.4, 0.5) is 4.39 Å². The molecule has 6 heteroatoms. The number of ether oxygens (including phenoxy) is 1. The van der Waals surface area contributed by atoms with Crippen LogP contribution in [0, 0.1) is 18.7 Å². The van der Waals surface area contributed by atoms with Crippen molar-refractivity contribution in [2.24, 2.45) is 5.92 Å². The first-order valence-electron chi connectivity index (χ1n) is 9.78. The molecule has 0 aliphatic heterocycles. The third-order valence-corrected chi connectivity index (χ3v) is 4.48. The Hall–Kier alpha value is -3.15. The van der Waals surface area contributed by atoms with E-state index in [4.69, 9.17) is 4.74 Å². The van der Waals surface area contributed by atoms with Crippen LogP contribution in [0.2, 0.25) is 0 Å². The maximum absolute atomic E-state index is 13.4. The molecule has 0 aliphatic carbocycles. The minimum Gasteiger partial charge on any atom is -0.439 e. The number of hydrogen-bond donors (Lipinski definition) is 1. The van der Waals surface area contributed by atoms with E-state index in [1.165, 1.54) is 12.1 Å². The quantitative estimate of drug-likeness (QED) is 0.595. The fourth-order valence-electron chi connectivity index (χ4n) is 2.93. The smallest absolute Gasteiger partial charge is 0.226 e. The molecule has 2 aromatic carbocycles. The zero-order valence-corrected chi connectivity index (χ0v) is 17.0. The predicted molar refractivity (Wildman–Crippen MR) is 111 cm³/mol. The van der Waals surface area contributed by atoms with Crippen LogP contribution in [-0.2, 0) is 11.2 Å². The van der Waals surface area contributed by atoms with Crippen LogP contribution in [0.3, 0.4) is 0 Å². The monoisotopic (exact) mass is 395 g/mol. The van der Waals surface area contributed by atoms with Gasteiger partial charge in [0.05, 0.1) is 11.4 Å². The van der Waals surface area contributed by atoms with Crippen LogP contribution in [0.5, 0.6) is 11.6 Å². The molecule has 1 amide bonds. The lowest BCUT2D eigenvalue weighted by Crippen LogP contribution is -2.27. The Labute approximate surface area is 170 Å². The van der Waals surface area contributed by atoms with Crippen molar-refractivity contribution in [1.29, 1.82) is 0 Å².